The number of hydrogen-bond acceptors (Lipinski definition) is 2. The summed E-state index contributed by atoms with van der Waals surface area (Å²) in [4.78, 5) is 12.0. The van der Waals surface area contributed by atoms with E-state index in [9.17, 15) is 9.18 Å². The van der Waals surface area contributed by atoms with Crippen LogP contribution in [0.15, 0.2) is 18.2 Å². The Bertz CT molecular complexity index is 386. The predicted octanol–water partition coefficient (Wildman–Crippen LogP) is 2.82. The van der Waals surface area contributed by atoms with Gasteiger partial charge < -0.3 is 5.73 Å². The summed E-state index contributed by atoms with van der Waals surface area (Å²) in [6.07, 6.45) is 0.00551. The molecule has 0 heterocycles. The molecule has 0 saturated carbocycles. The first-order chi connectivity index (χ1) is 7.97. The zero-order valence-corrected chi connectivity index (χ0v) is 10.8. The van der Waals surface area contributed by atoms with Crippen LogP contribution in [-0.2, 0) is 11.2 Å². The predicted molar refractivity (Wildman–Crippen MR) is 67.5 cm³/mol. The largest absolute Gasteiger partial charge is 0.330 e. The Kier molecular flexibility index (Phi) is 5.09. The number of rotatable bonds is 5. The fourth-order valence-electron chi connectivity index (χ4n) is 1.78. The molecule has 2 nitrogen and oxygen atoms in total. The van der Waals surface area contributed by atoms with E-state index in [2.05, 4.69) is 0 Å². The monoisotopic (exact) mass is 257 g/mol. The Morgan fingerprint density at radius 3 is 2.59 bits per heavy atom. The first-order valence-corrected chi connectivity index (χ1v) is 6.00. The van der Waals surface area contributed by atoms with Crippen molar-refractivity contribution in [3.8, 4) is 0 Å². The number of benzene rings is 1. The first-order valence-electron chi connectivity index (χ1n) is 5.63. The summed E-state index contributed by atoms with van der Waals surface area (Å²) in [5.74, 6) is -0.594. The molecule has 0 aliphatic heterocycles. The van der Waals surface area contributed by atoms with Gasteiger partial charge in [0.1, 0.15) is 11.6 Å². The van der Waals surface area contributed by atoms with Gasteiger partial charge in [-0.15, -0.1) is 0 Å². The van der Waals surface area contributed by atoms with E-state index < -0.39 is 5.82 Å². The van der Waals surface area contributed by atoms with E-state index in [-0.39, 0.29) is 41.2 Å². The maximum Gasteiger partial charge on any atom is 0.142 e. The average molecular weight is 258 g/mol. The van der Waals surface area contributed by atoms with Crippen LogP contribution >= 0.6 is 11.6 Å². The van der Waals surface area contributed by atoms with Crippen molar-refractivity contribution in [2.24, 2.45) is 17.6 Å². The smallest absolute Gasteiger partial charge is 0.142 e. The Balaban J connectivity index is 2.87. The van der Waals surface area contributed by atoms with Gasteiger partial charge in [0, 0.05) is 29.5 Å². The highest BCUT2D eigenvalue weighted by molar-refractivity contribution is 6.31. The summed E-state index contributed by atoms with van der Waals surface area (Å²) >= 11 is 5.88. The third-order valence-corrected chi connectivity index (χ3v) is 3.24. The number of hydrogen-bond donors (Lipinski definition) is 1. The lowest BCUT2D eigenvalue weighted by molar-refractivity contribution is -0.123. The summed E-state index contributed by atoms with van der Waals surface area (Å²) in [5, 5.41) is 0.290. The second-order valence-corrected chi connectivity index (χ2v) is 4.84. The zero-order valence-electron chi connectivity index (χ0n) is 10.0. The first kappa shape index (κ1) is 14.1. The van der Waals surface area contributed by atoms with Crippen LogP contribution in [0.5, 0.6) is 0 Å². The molecule has 1 aromatic carbocycles. The molecule has 1 aromatic rings. The second kappa shape index (κ2) is 6.12. The standard InChI is InChI=1S/C13H17ClFNO/c1-8(2)10(7-16)13(17)6-9-11(14)4-3-5-12(9)15/h3-5,8,10H,6-7,16H2,1-2H3. The van der Waals surface area contributed by atoms with E-state index in [0.29, 0.717) is 0 Å². The average Bonchev–Trinajstić information content (AvgIpc) is 2.24. The molecule has 0 amide bonds. The molecule has 1 atom stereocenters. The fraction of sp³-hybridized carbons (Fsp3) is 0.462. The van der Waals surface area contributed by atoms with Crippen LogP contribution in [0.25, 0.3) is 0 Å². The number of carbonyl (C=O) groups excluding carboxylic acids is 1. The molecule has 0 saturated heterocycles. The van der Waals surface area contributed by atoms with Gasteiger partial charge in [-0.05, 0) is 18.1 Å². The Hall–Kier alpha value is -0.930. The summed E-state index contributed by atoms with van der Waals surface area (Å²) in [6, 6.07) is 4.41. The highest BCUT2D eigenvalue weighted by Gasteiger charge is 2.22. The maximum absolute atomic E-state index is 13.5. The zero-order chi connectivity index (χ0) is 13.0. The van der Waals surface area contributed by atoms with Gasteiger partial charge in [-0.2, -0.15) is 0 Å². The van der Waals surface area contributed by atoms with Gasteiger partial charge in [-0.25, -0.2) is 4.39 Å². The number of Topliss-reactive ketones (excluding diaryl/α,β-unsaturated/α-hetero) is 1. The van der Waals surface area contributed by atoms with Crippen LogP contribution in [0.4, 0.5) is 4.39 Å². The molecule has 0 aliphatic carbocycles. The van der Waals surface area contributed by atoms with Crippen molar-refractivity contribution in [1.29, 1.82) is 0 Å². The van der Waals surface area contributed by atoms with Gasteiger partial charge in [0.15, 0.2) is 0 Å². The maximum atomic E-state index is 13.5. The van der Waals surface area contributed by atoms with Gasteiger partial charge in [0.2, 0.25) is 0 Å². The van der Waals surface area contributed by atoms with Crippen LogP contribution in [0.2, 0.25) is 5.02 Å². The number of ketones is 1. The van der Waals surface area contributed by atoms with Gasteiger partial charge >= 0.3 is 0 Å². The lowest BCUT2D eigenvalue weighted by Crippen LogP contribution is -2.29. The molecule has 0 aliphatic rings. The van der Waals surface area contributed by atoms with Crippen molar-refractivity contribution in [3.63, 3.8) is 0 Å². The van der Waals surface area contributed by atoms with Gasteiger partial charge in [0.25, 0.3) is 0 Å². The van der Waals surface area contributed by atoms with Crippen molar-refractivity contribution in [2.45, 2.75) is 20.3 Å². The van der Waals surface area contributed by atoms with Gasteiger partial charge in [-0.3, -0.25) is 4.79 Å². The third kappa shape index (κ3) is 3.51. The summed E-state index contributed by atoms with van der Waals surface area (Å²) in [7, 11) is 0. The van der Waals surface area contributed by atoms with Crippen LogP contribution in [0.3, 0.4) is 0 Å². The number of carbonyl (C=O) groups is 1. The van der Waals surface area contributed by atoms with E-state index in [1.54, 1.807) is 6.07 Å². The number of nitrogens with two attached hydrogens (primary N) is 1. The topological polar surface area (TPSA) is 43.1 Å². The minimum Gasteiger partial charge on any atom is -0.330 e. The van der Waals surface area contributed by atoms with Crippen molar-refractivity contribution < 1.29 is 9.18 Å². The molecule has 1 rings (SSSR count). The Morgan fingerprint density at radius 1 is 1.47 bits per heavy atom. The molecule has 17 heavy (non-hydrogen) atoms. The Morgan fingerprint density at radius 2 is 2.12 bits per heavy atom. The summed E-state index contributed by atoms with van der Waals surface area (Å²) in [6.45, 7) is 4.14. The van der Waals surface area contributed by atoms with Crippen LogP contribution in [0.1, 0.15) is 19.4 Å². The van der Waals surface area contributed by atoms with E-state index in [0.717, 1.165) is 0 Å². The van der Waals surface area contributed by atoms with Crippen molar-refractivity contribution >= 4 is 17.4 Å². The lowest BCUT2D eigenvalue weighted by Gasteiger charge is -2.17. The quantitative estimate of drug-likeness (QED) is 0.881. The SMILES string of the molecule is CC(C)C(CN)C(=O)Cc1c(F)cccc1Cl. The molecule has 1 unspecified atom stereocenters. The van der Waals surface area contributed by atoms with E-state index >= 15 is 0 Å². The highest BCUT2D eigenvalue weighted by atomic mass is 35.5. The molecular formula is C13H17ClFNO. The minimum absolute atomic E-state index is 0.00551. The molecule has 0 aromatic heterocycles. The normalized spacial score (nSPS) is 12.8. The highest BCUT2D eigenvalue weighted by Crippen LogP contribution is 2.22. The van der Waals surface area contributed by atoms with Crippen molar-refractivity contribution in [1.82, 2.24) is 0 Å². The molecule has 0 spiro atoms. The van der Waals surface area contributed by atoms with E-state index in [1.165, 1.54) is 12.1 Å². The molecular weight excluding hydrogens is 241 g/mol. The van der Waals surface area contributed by atoms with Crippen LogP contribution < -0.4 is 5.73 Å². The van der Waals surface area contributed by atoms with E-state index in [4.69, 9.17) is 17.3 Å². The number of halogens is 2. The lowest BCUT2D eigenvalue weighted by atomic mass is 9.88. The molecule has 0 radical (unpaired) electrons. The molecule has 4 heteroatoms. The fourth-order valence-corrected chi connectivity index (χ4v) is 2.01. The summed E-state index contributed by atoms with van der Waals surface area (Å²) < 4.78 is 13.5. The second-order valence-electron chi connectivity index (χ2n) is 4.43. The molecule has 94 valence electrons. The Labute approximate surface area is 106 Å². The van der Waals surface area contributed by atoms with Crippen LogP contribution in [0, 0.1) is 17.7 Å². The molecule has 0 bridgehead atoms. The van der Waals surface area contributed by atoms with Crippen molar-refractivity contribution in [3.05, 3.63) is 34.6 Å². The summed E-state index contributed by atoms with van der Waals surface area (Å²) in [5.41, 5.74) is 5.82. The van der Waals surface area contributed by atoms with Crippen molar-refractivity contribution in [2.75, 3.05) is 6.54 Å². The minimum atomic E-state index is -0.439. The molecule has 2 N–H and O–H groups in total. The molecule has 0 fully saturated rings. The van der Waals surface area contributed by atoms with Gasteiger partial charge in [-0.1, -0.05) is 31.5 Å². The van der Waals surface area contributed by atoms with E-state index in [1.807, 2.05) is 13.8 Å². The van der Waals surface area contributed by atoms with Crippen LogP contribution in [-0.4, -0.2) is 12.3 Å². The van der Waals surface area contributed by atoms with Gasteiger partial charge in [0.05, 0.1) is 0 Å². The third-order valence-electron chi connectivity index (χ3n) is 2.88.